The van der Waals surface area contributed by atoms with Crippen LogP contribution in [0.3, 0.4) is 0 Å². The summed E-state index contributed by atoms with van der Waals surface area (Å²) in [6.45, 7) is 0.391. The van der Waals surface area contributed by atoms with Crippen LogP contribution in [0.4, 0.5) is 5.82 Å². The Balaban J connectivity index is 1.50. The number of rotatable bonds is 7. The van der Waals surface area contributed by atoms with Gasteiger partial charge in [0, 0.05) is 17.3 Å². The van der Waals surface area contributed by atoms with Gasteiger partial charge in [0.15, 0.2) is 17.1 Å². The van der Waals surface area contributed by atoms with Crippen molar-refractivity contribution < 1.29 is 14.3 Å². The lowest BCUT2D eigenvalue weighted by atomic mass is 10.1. The molecule has 0 saturated heterocycles. The Hall–Kier alpha value is -4.30. The van der Waals surface area contributed by atoms with Gasteiger partial charge in [-0.3, -0.25) is 9.36 Å². The minimum atomic E-state index is -0.324. The van der Waals surface area contributed by atoms with Gasteiger partial charge in [0.05, 0.1) is 25.3 Å². The summed E-state index contributed by atoms with van der Waals surface area (Å²) in [4.78, 5) is 22.9. The van der Waals surface area contributed by atoms with Crippen molar-refractivity contribution in [1.82, 2.24) is 19.9 Å². The summed E-state index contributed by atoms with van der Waals surface area (Å²) >= 11 is 6.09. The number of nitrogen functional groups attached to an aromatic ring is 1. The van der Waals surface area contributed by atoms with Crippen LogP contribution >= 0.6 is 11.6 Å². The fourth-order valence-corrected chi connectivity index (χ4v) is 4.31. The number of anilines is 1. The molecule has 0 saturated carbocycles. The number of aromatic nitrogens is 3. The summed E-state index contributed by atoms with van der Waals surface area (Å²) < 4.78 is 12.4. The van der Waals surface area contributed by atoms with Gasteiger partial charge in [-0.25, -0.2) is 9.97 Å². The van der Waals surface area contributed by atoms with Crippen LogP contribution in [0.5, 0.6) is 11.5 Å². The molecule has 0 radical (unpaired) electrons. The Labute approximate surface area is 212 Å². The molecule has 8 nitrogen and oxygen atoms in total. The van der Waals surface area contributed by atoms with Crippen LogP contribution < -0.4 is 20.5 Å². The van der Waals surface area contributed by atoms with E-state index in [1.807, 2.05) is 54.6 Å². The number of ether oxygens (including phenoxy) is 2. The SMILES string of the molecule is COc1ccc(CCNC(=O)c2c(N)n(-c3ccc(Cl)cc3)c3nc4ccccc4nc23)cc1OC. The fourth-order valence-electron chi connectivity index (χ4n) is 4.18. The van der Waals surface area contributed by atoms with Crippen molar-refractivity contribution in [3.8, 4) is 17.2 Å². The highest BCUT2D eigenvalue weighted by Gasteiger charge is 2.24. The average Bonchev–Trinajstić information content (AvgIpc) is 3.18. The summed E-state index contributed by atoms with van der Waals surface area (Å²) in [7, 11) is 3.18. The largest absolute Gasteiger partial charge is 0.493 e. The van der Waals surface area contributed by atoms with E-state index >= 15 is 0 Å². The zero-order chi connectivity index (χ0) is 25.2. The van der Waals surface area contributed by atoms with Crippen LogP contribution in [-0.2, 0) is 6.42 Å². The summed E-state index contributed by atoms with van der Waals surface area (Å²) in [5.41, 5.74) is 10.9. The van der Waals surface area contributed by atoms with Crippen molar-refractivity contribution in [2.24, 2.45) is 0 Å². The number of hydrogen-bond donors (Lipinski definition) is 2. The van der Waals surface area contributed by atoms with E-state index < -0.39 is 0 Å². The molecule has 5 aromatic rings. The van der Waals surface area contributed by atoms with Crippen molar-refractivity contribution in [2.45, 2.75) is 6.42 Å². The van der Waals surface area contributed by atoms with E-state index in [0.29, 0.717) is 51.7 Å². The lowest BCUT2D eigenvalue weighted by Gasteiger charge is -2.10. The van der Waals surface area contributed by atoms with Crippen LogP contribution in [-0.4, -0.2) is 41.2 Å². The molecular weight excluding hydrogens is 478 g/mol. The lowest BCUT2D eigenvalue weighted by molar-refractivity contribution is 0.0956. The highest BCUT2D eigenvalue weighted by molar-refractivity contribution is 6.30. The molecule has 0 atom stereocenters. The first kappa shape index (κ1) is 23.4. The fraction of sp³-hybridized carbons (Fsp3) is 0.148. The van der Waals surface area contributed by atoms with Crippen molar-refractivity contribution in [3.05, 3.63) is 82.9 Å². The third kappa shape index (κ3) is 4.27. The third-order valence-corrected chi connectivity index (χ3v) is 6.21. The molecule has 3 aromatic carbocycles. The Bertz CT molecular complexity index is 1580. The van der Waals surface area contributed by atoms with Gasteiger partial charge in [0.25, 0.3) is 5.91 Å². The maximum atomic E-state index is 13.4. The molecule has 0 aliphatic rings. The predicted octanol–water partition coefficient (Wildman–Crippen LogP) is 4.80. The van der Waals surface area contributed by atoms with E-state index in [-0.39, 0.29) is 17.3 Å². The van der Waals surface area contributed by atoms with Crippen molar-refractivity contribution in [2.75, 3.05) is 26.5 Å². The molecule has 2 aromatic heterocycles. The summed E-state index contributed by atoms with van der Waals surface area (Å²) in [5.74, 6) is 1.22. The number of carbonyl (C=O) groups excluding carboxylic acids is 1. The summed E-state index contributed by atoms with van der Waals surface area (Å²) in [5, 5.41) is 3.57. The van der Waals surface area contributed by atoms with Gasteiger partial charge < -0.3 is 20.5 Å². The minimum Gasteiger partial charge on any atom is -0.493 e. The molecule has 0 aliphatic heterocycles. The Morgan fingerprint density at radius 3 is 2.36 bits per heavy atom. The van der Waals surface area contributed by atoms with E-state index in [2.05, 4.69) is 5.32 Å². The summed E-state index contributed by atoms with van der Waals surface area (Å²) in [6.07, 6.45) is 0.594. The smallest absolute Gasteiger partial charge is 0.257 e. The zero-order valence-corrected chi connectivity index (χ0v) is 20.5. The van der Waals surface area contributed by atoms with Gasteiger partial charge in [-0.2, -0.15) is 0 Å². The molecule has 0 fully saturated rings. The molecular formula is C27H24ClN5O3. The van der Waals surface area contributed by atoms with Crippen molar-refractivity contribution >= 4 is 45.5 Å². The minimum absolute atomic E-state index is 0.256. The molecule has 0 aliphatic carbocycles. The number of hydrogen-bond acceptors (Lipinski definition) is 6. The number of halogens is 1. The molecule has 0 unspecified atom stereocenters. The number of para-hydroxylation sites is 2. The maximum absolute atomic E-state index is 13.4. The molecule has 182 valence electrons. The Kier molecular flexibility index (Phi) is 6.35. The number of amides is 1. The second-order valence-corrected chi connectivity index (χ2v) is 8.59. The number of carbonyl (C=O) groups is 1. The zero-order valence-electron chi connectivity index (χ0n) is 19.8. The van der Waals surface area contributed by atoms with Crippen LogP contribution in [0.1, 0.15) is 15.9 Å². The quantitative estimate of drug-likeness (QED) is 0.332. The van der Waals surface area contributed by atoms with Gasteiger partial charge in [0.2, 0.25) is 0 Å². The van der Waals surface area contributed by atoms with Crippen LogP contribution in [0, 0.1) is 0 Å². The van der Waals surface area contributed by atoms with E-state index in [9.17, 15) is 4.79 Å². The molecule has 2 heterocycles. The topological polar surface area (TPSA) is 104 Å². The second-order valence-electron chi connectivity index (χ2n) is 8.15. The number of fused-ring (bicyclic) bond motifs is 2. The molecule has 0 bridgehead atoms. The number of nitrogens with one attached hydrogen (secondary N) is 1. The molecule has 36 heavy (non-hydrogen) atoms. The predicted molar refractivity (Wildman–Crippen MR) is 141 cm³/mol. The first-order chi connectivity index (χ1) is 17.5. The van der Waals surface area contributed by atoms with E-state index in [4.69, 9.17) is 36.8 Å². The summed E-state index contributed by atoms with van der Waals surface area (Å²) in [6, 6.07) is 20.4. The monoisotopic (exact) mass is 501 g/mol. The van der Waals surface area contributed by atoms with E-state index in [1.165, 1.54) is 0 Å². The van der Waals surface area contributed by atoms with Crippen LogP contribution in [0.15, 0.2) is 66.7 Å². The highest BCUT2D eigenvalue weighted by Crippen LogP contribution is 2.31. The Morgan fingerprint density at radius 2 is 1.67 bits per heavy atom. The van der Waals surface area contributed by atoms with Gasteiger partial charge in [-0.1, -0.05) is 29.8 Å². The first-order valence-electron chi connectivity index (χ1n) is 11.3. The van der Waals surface area contributed by atoms with Crippen LogP contribution in [0.2, 0.25) is 5.02 Å². The second kappa shape index (κ2) is 9.75. The average molecular weight is 502 g/mol. The molecule has 1 amide bonds. The van der Waals surface area contributed by atoms with Crippen molar-refractivity contribution in [3.63, 3.8) is 0 Å². The number of nitrogens with zero attached hydrogens (tertiary/aromatic N) is 3. The number of benzene rings is 3. The molecule has 3 N–H and O–H groups in total. The number of nitrogens with two attached hydrogens (primary N) is 1. The standard InChI is InChI=1S/C27H24ClN5O3/c1-35-21-12-7-16(15-22(21)36-2)13-14-30-27(34)23-24-26(32-20-6-4-3-5-19(20)31-24)33(25(23)29)18-10-8-17(28)9-11-18/h3-12,15H,13-14,29H2,1-2H3,(H,30,34). The van der Waals surface area contributed by atoms with Gasteiger partial charge in [-0.05, 0) is 60.5 Å². The Morgan fingerprint density at radius 1 is 0.972 bits per heavy atom. The normalized spacial score (nSPS) is 11.1. The van der Waals surface area contributed by atoms with Gasteiger partial charge in [-0.15, -0.1) is 0 Å². The molecule has 9 heteroatoms. The van der Waals surface area contributed by atoms with Crippen molar-refractivity contribution in [1.29, 1.82) is 0 Å². The maximum Gasteiger partial charge on any atom is 0.257 e. The van der Waals surface area contributed by atoms with E-state index in [1.54, 1.807) is 30.9 Å². The van der Waals surface area contributed by atoms with Gasteiger partial charge in [0.1, 0.15) is 16.9 Å². The van der Waals surface area contributed by atoms with Crippen LogP contribution in [0.25, 0.3) is 27.9 Å². The molecule has 0 spiro atoms. The first-order valence-corrected chi connectivity index (χ1v) is 11.7. The third-order valence-electron chi connectivity index (χ3n) is 5.96. The van der Waals surface area contributed by atoms with Gasteiger partial charge >= 0.3 is 0 Å². The lowest BCUT2D eigenvalue weighted by Crippen LogP contribution is -2.26. The number of methoxy groups -OCH3 is 2. The molecule has 5 rings (SSSR count). The highest BCUT2D eigenvalue weighted by atomic mass is 35.5. The van der Waals surface area contributed by atoms with E-state index in [0.717, 1.165) is 11.3 Å².